The monoisotopic (exact) mass is 426 g/mol. The highest BCUT2D eigenvalue weighted by molar-refractivity contribution is 7.98. The first-order valence-electron chi connectivity index (χ1n) is 10.6. The average molecular weight is 427 g/mol. The zero-order valence-electron chi connectivity index (χ0n) is 18.6. The maximum atomic E-state index is 13.1. The molecule has 1 atom stereocenters. The first kappa shape index (κ1) is 24.0. The molecule has 0 aliphatic heterocycles. The lowest BCUT2D eigenvalue weighted by Crippen LogP contribution is -2.48. The van der Waals surface area contributed by atoms with Crippen LogP contribution in [0.2, 0.25) is 0 Å². The zero-order valence-corrected chi connectivity index (χ0v) is 19.4. The third-order valence-corrected chi connectivity index (χ3v) is 5.89. The largest absolute Gasteiger partial charge is 0.354 e. The second-order valence-electron chi connectivity index (χ2n) is 8.11. The molecule has 2 rings (SSSR count). The van der Waals surface area contributed by atoms with E-state index in [1.165, 1.54) is 5.56 Å². The number of nitrogens with one attached hydrogen (secondary N) is 1. The molecule has 5 heteroatoms. The van der Waals surface area contributed by atoms with Crippen LogP contribution in [0.4, 0.5) is 0 Å². The van der Waals surface area contributed by atoms with E-state index in [9.17, 15) is 9.59 Å². The molecule has 0 heterocycles. The third kappa shape index (κ3) is 8.23. The second-order valence-corrected chi connectivity index (χ2v) is 9.22. The van der Waals surface area contributed by atoms with Crippen LogP contribution in [-0.2, 0) is 21.9 Å². The van der Waals surface area contributed by atoms with E-state index in [4.69, 9.17) is 0 Å². The first-order valence-corrected chi connectivity index (χ1v) is 11.8. The second kappa shape index (κ2) is 12.4. The quantitative estimate of drug-likeness (QED) is 0.525. The number of thioether (sulfide) groups is 1. The van der Waals surface area contributed by atoms with Crippen molar-refractivity contribution >= 4 is 23.6 Å². The number of aryl methyl sites for hydroxylation is 1. The molecular weight excluding hydrogens is 392 g/mol. The Morgan fingerprint density at radius 1 is 1.00 bits per heavy atom. The van der Waals surface area contributed by atoms with E-state index in [2.05, 4.69) is 37.4 Å². The van der Waals surface area contributed by atoms with Crippen molar-refractivity contribution in [1.29, 1.82) is 0 Å². The van der Waals surface area contributed by atoms with Crippen molar-refractivity contribution in [2.45, 2.75) is 52.5 Å². The number of hydrogen-bond acceptors (Lipinski definition) is 3. The van der Waals surface area contributed by atoms with Gasteiger partial charge in [0.05, 0.1) is 0 Å². The molecular formula is C25H34N2O2S. The molecule has 30 heavy (non-hydrogen) atoms. The number of benzene rings is 2. The Labute approximate surface area is 185 Å². The third-order valence-electron chi connectivity index (χ3n) is 4.86. The summed E-state index contributed by atoms with van der Waals surface area (Å²) < 4.78 is 0. The minimum absolute atomic E-state index is 0.0178. The average Bonchev–Trinajstić information content (AvgIpc) is 2.73. The van der Waals surface area contributed by atoms with Gasteiger partial charge in [-0.3, -0.25) is 9.59 Å². The molecule has 0 aliphatic rings. The maximum Gasteiger partial charge on any atom is 0.242 e. The highest BCUT2D eigenvalue weighted by atomic mass is 32.2. The van der Waals surface area contributed by atoms with Gasteiger partial charge in [0.25, 0.3) is 0 Å². The number of carbonyl (C=O) groups excluding carboxylic acids is 2. The minimum Gasteiger partial charge on any atom is -0.354 e. The van der Waals surface area contributed by atoms with Crippen LogP contribution in [0.5, 0.6) is 0 Å². The normalized spacial score (nSPS) is 11.9. The molecule has 0 saturated heterocycles. The molecule has 0 saturated carbocycles. The molecule has 0 bridgehead atoms. The van der Waals surface area contributed by atoms with Gasteiger partial charge in [-0.1, -0.05) is 74.0 Å². The van der Waals surface area contributed by atoms with Crippen LogP contribution in [0.3, 0.4) is 0 Å². The smallest absolute Gasteiger partial charge is 0.242 e. The Morgan fingerprint density at radius 3 is 2.37 bits per heavy atom. The Kier molecular flexibility index (Phi) is 9.95. The highest BCUT2D eigenvalue weighted by Gasteiger charge is 2.25. The molecule has 0 fully saturated rings. The summed E-state index contributed by atoms with van der Waals surface area (Å²) >= 11 is 1.75. The van der Waals surface area contributed by atoms with Crippen LogP contribution in [-0.4, -0.2) is 35.1 Å². The Balaban J connectivity index is 1.99. The SMILES string of the molecule is Cc1cccc(CN(C(=O)CCSCc2ccccc2)[C@@H](C)C(=O)NCC(C)C)c1. The Bertz CT molecular complexity index is 808. The van der Waals surface area contributed by atoms with Crippen molar-refractivity contribution in [2.75, 3.05) is 12.3 Å². The molecule has 4 nitrogen and oxygen atoms in total. The molecule has 0 spiro atoms. The minimum atomic E-state index is -0.504. The molecule has 2 amide bonds. The fraction of sp³-hybridized carbons (Fsp3) is 0.440. The first-order chi connectivity index (χ1) is 14.4. The number of rotatable bonds is 11. The van der Waals surface area contributed by atoms with Gasteiger partial charge < -0.3 is 10.2 Å². The molecule has 0 unspecified atom stereocenters. The maximum absolute atomic E-state index is 13.1. The zero-order chi connectivity index (χ0) is 21.9. The van der Waals surface area contributed by atoms with E-state index in [0.717, 1.165) is 22.6 Å². The van der Waals surface area contributed by atoms with Gasteiger partial charge in [-0.15, -0.1) is 0 Å². The number of carbonyl (C=O) groups is 2. The van der Waals surface area contributed by atoms with Crippen LogP contribution in [0.15, 0.2) is 54.6 Å². The standard InChI is InChI=1S/C25H34N2O2S/c1-19(2)16-26-25(29)21(4)27(17-23-12-8-9-20(3)15-23)24(28)13-14-30-18-22-10-6-5-7-11-22/h5-12,15,19,21H,13-14,16-18H2,1-4H3,(H,26,29)/t21-/m0/s1. The molecule has 162 valence electrons. The van der Waals surface area contributed by atoms with Crippen LogP contribution in [0, 0.1) is 12.8 Å². The van der Waals surface area contributed by atoms with Gasteiger partial charge in [-0.05, 0) is 30.9 Å². The van der Waals surface area contributed by atoms with Gasteiger partial charge in [-0.25, -0.2) is 0 Å². The summed E-state index contributed by atoms with van der Waals surface area (Å²) in [5.41, 5.74) is 3.45. The van der Waals surface area contributed by atoms with Crippen molar-refractivity contribution in [3.05, 3.63) is 71.3 Å². The van der Waals surface area contributed by atoms with Crippen molar-refractivity contribution in [2.24, 2.45) is 5.92 Å². The molecule has 0 radical (unpaired) electrons. The summed E-state index contributed by atoms with van der Waals surface area (Å²) in [5, 5.41) is 2.97. The summed E-state index contributed by atoms with van der Waals surface area (Å²) in [5.74, 6) is 1.91. The van der Waals surface area contributed by atoms with E-state index in [1.807, 2.05) is 50.2 Å². The van der Waals surface area contributed by atoms with Crippen LogP contribution >= 0.6 is 11.8 Å². The number of amides is 2. The van der Waals surface area contributed by atoms with E-state index in [0.29, 0.717) is 25.4 Å². The predicted octanol–water partition coefficient (Wildman–Crippen LogP) is 4.81. The summed E-state index contributed by atoms with van der Waals surface area (Å²) in [6.07, 6.45) is 0.422. The topological polar surface area (TPSA) is 49.4 Å². The van der Waals surface area contributed by atoms with Gasteiger partial charge >= 0.3 is 0 Å². The summed E-state index contributed by atoms with van der Waals surface area (Å²) in [6.45, 7) is 9.03. The summed E-state index contributed by atoms with van der Waals surface area (Å²) in [4.78, 5) is 27.4. The molecule has 2 aromatic carbocycles. The van der Waals surface area contributed by atoms with Crippen LogP contribution < -0.4 is 5.32 Å². The van der Waals surface area contributed by atoms with Gasteiger partial charge in [-0.2, -0.15) is 11.8 Å². The van der Waals surface area contributed by atoms with E-state index >= 15 is 0 Å². The van der Waals surface area contributed by atoms with E-state index < -0.39 is 6.04 Å². The fourth-order valence-electron chi connectivity index (χ4n) is 3.11. The van der Waals surface area contributed by atoms with Gasteiger partial charge in [0.15, 0.2) is 0 Å². The van der Waals surface area contributed by atoms with Crippen LogP contribution in [0.25, 0.3) is 0 Å². The fourth-order valence-corrected chi connectivity index (χ4v) is 4.00. The molecule has 0 aliphatic carbocycles. The van der Waals surface area contributed by atoms with Gasteiger partial charge in [0.2, 0.25) is 11.8 Å². The van der Waals surface area contributed by atoms with Crippen LogP contribution in [0.1, 0.15) is 43.9 Å². The lowest BCUT2D eigenvalue weighted by molar-refractivity contribution is -0.140. The summed E-state index contributed by atoms with van der Waals surface area (Å²) in [7, 11) is 0. The van der Waals surface area contributed by atoms with Gasteiger partial charge in [0.1, 0.15) is 6.04 Å². The lowest BCUT2D eigenvalue weighted by Gasteiger charge is -2.29. The molecule has 1 N–H and O–H groups in total. The lowest BCUT2D eigenvalue weighted by atomic mass is 10.1. The Morgan fingerprint density at radius 2 is 1.70 bits per heavy atom. The van der Waals surface area contributed by atoms with Crippen molar-refractivity contribution in [3.63, 3.8) is 0 Å². The van der Waals surface area contributed by atoms with E-state index in [1.54, 1.807) is 16.7 Å². The number of nitrogens with zero attached hydrogens (tertiary/aromatic N) is 1. The molecule has 2 aromatic rings. The van der Waals surface area contributed by atoms with Crippen molar-refractivity contribution < 1.29 is 9.59 Å². The highest BCUT2D eigenvalue weighted by Crippen LogP contribution is 2.16. The summed E-state index contributed by atoms with van der Waals surface area (Å²) in [6, 6.07) is 17.9. The Hall–Kier alpha value is -2.27. The van der Waals surface area contributed by atoms with E-state index in [-0.39, 0.29) is 11.8 Å². The number of hydrogen-bond donors (Lipinski definition) is 1. The predicted molar refractivity (Wildman–Crippen MR) is 126 cm³/mol. The van der Waals surface area contributed by atoms with Gasteiger partial charge in [0, 0.05) is 31.0 Å². The van der Waals surface area contributed by atoms with Crippen molar-refractivity contribution in [1.82, 2.24) is 10.2 Å². The van der Waals surface area contributed by atoms with Crippen molar-refractivity contribution in [3.8, 4) is 0 Å². The molecule has 0 aromatic heterocycles.